The van der Waals surface area contributed by atoms with Gasteiger partial charge >= 0.3 is 0 Å². The van der Waals surface area contributed by atoms with Crippen molar-refractivity contribution in [3.8, 4) is 0 Å². The van der Waals surface area contributed by atoms with E-state index in [2.05, 4.69) is 24.1 Å². The number of rotatable bonds is 2. The molecule has 3 nitrogen and oxygen atoms in total. The zero-order chi connectivity index (χ0) is 11.5. The lowest BCUT2D eigenvalue weighted by Crippen LogP contribution is -2.37. The lowest BCUT2D eigenvalue weighted by molar-refractivity contribution is -0.133. The molecule has 2 unspecified atom stereocenters. The number of piperidine rings is 1. The summed E-state index contributed by atoms with van der Waals surface area (Å²) in [4.78, 5) is 14.3. The van der Waals surface area contributed by atoms with Gasteiger partial charge in [-0.3, -0.25) is 4.79 Å². The van der Waals surface area contributed by atoms with Gasteiger partial charge in [-0.1, -0.05) is 6.92 Å². The van der Waals surface area contributed by atoms with Crippen molar-refractivity contribution in [2.75, 3.05) is 19.6 Å². The van der Waals surface area contributed by atoms with Crippen LogP contribution in [0.4, 0.5) is 0 Å². The smallest absolute Gasteiger partial charge is 0.223 e. The summed E-state index contributed by atoms with van der Waals surface area (Å²) in [7, 11) is 0. The van der Waals surface area contributed by atoms with Crippen LogP contribution in [0.5, 0.6) is 0 Å². The van der Waals surface area contributed by atoms with E-state index in [0.29, 0.717) is 23.8 Å². The van der Waals surface area contributed by atoms with Gasteiger partial charge in [-0.2, -0.15) is 0 Å². The molecule has 2 heterocycles. The van der Waals surface area contributed by atoms with E-state index in [9.17, 15) is 4.79 Å². The topological polar surface area (TPSA) is 32.3 Å². The Morgan fingerprint density at radius 1 is 1.31 bits per heavy atom. The summed E-state index contributed by atoms with van der Waals surface area (Å²) >= 11 is 0. The monoisotopic (exact) mass is 224 g/mol. The van der Waals surface area contributed by atoms with Gasteiger partial charge in [0.15, 0.2) is 0 Å². The molecule has 3 heteroatoms. The molecular weight excluding hydrogens is 200 g/mol. The Morgan fingerprint density at radius 2 is 2.00 bits per heavy atom. The average molecular weight is 224 g/mol. The van der Waals surface area contributed by atoms with E-state index >= 15 is 0 Å². The molecule has 16 heavy (non-hydrogen) atoms. The largest absolute Gasteiger partial charge is 0.340 e. The third kappa shape index (κ3) is 2.76. The summed E-state index contributed by atoms with van der Waals surface area (Å²) in [6, 6.07) is 0.462. The molecule has 1 amide bonds. The zero-order valence-electron chi connectivity index (χ0n) is 10.5. The van der Waals surface area contributed by atoms with Gasteiger partial charge in [-0.25, -0.2) is 0 Å². The first-order valence-corrected chi connectivity index (χ1v) is 6.67. The molecule has 0 aromatic carbocycles. The minimum Gasteiger partial charge on any atom is -0.340 e. The Kier molecular flexibility index (Phi) is 3.85. The number of amides is 1. The zero-order valence-corrected chi connectivity index (χ0v) is 10.5. The fraction of sp³-hybridized carbons (Fsp3) is 0.923. The molecule has 2 fully saturated rings. The summed E-state index contributed by atoms with van der Waals surface area (Å²) in [5.41, 5.74) is 0. The van der Waals surface area contributed by atoms with E-state index in [0.717, 1.165) is 26.1 Å². The van der Waals surface area contributed by atoms with Crippen molar-refractivity contribution in [3.05, 3.63) is 0 Å². The lowest BCUT2D eigenvalue weighted by Gasteiger charge is -2.27. The van der Waals surface area contributed by atoms with Gasteiger partial charge in [0.1, 0.15) is 0 Å². The van der Waals surface area contributed by atoms with Gasteiger partial charge in [-0.15, -0.1) is 0 Å². The molecule has 0 aromatic rings. The number of hydrogen-bond acceptors (Lipinski definition) is 2. The Hall–Kier alpha value is -0.570. The van der Waals surface area contributed by atoms with E-state index in [1.54, 1.807) is 0 Å². The van der Waals surface area contributed by atoms with Crippen LogP contribution in [-0.2, 0) is 4.79 Å². The molecule has 0 aliphatic carbocycles. The normalized spacial score (nSPS) is 32.0. The van der Waals surface area contributed by atoms with Crippen LogP contribution >= 0.6 is 0 Å². The van der Waals surface area contributed by atoms with Crippen molar-refractivity contribution in [1.29, 1.82) is 0 Å². The van der Waals surface area contributed by atoms with Crippen LogP contribution in [0.25, 0.3) is 0 Å². The van der Waals surface area contributed by atoms with E-state index in [-0.39, 0.29) is 0 Å². The molecule has 0 saturated carbocycles. The van der Waals surface area contributed by atoms with Gasteiger partial charge < -0.3 is 10.2 Å². The highest BCUT2D eigenvalue weighted by molar-refractivity contribution is 5.77. The Morgan fingerprint density at radius 3 is 2.56 bits per heavy atom. The number of likely N-dealkylation sites (tertiary alicyclic amines) is 1. The lowest BCUT2D eigenvalue weighted by atomic mass is 9.94. The number of hydrogen-bond donors (Lipinski definition) is 1. The van der Waals surface area contributed by atoms with Crippen LogP contribution in [-0.4, -0.2) is 36.5 Å². The van der Waals surface area contributed by atoms with Crippen LogP contribution in [0.15, 0.2) is 0 Å². The summed E-state index contributed by atoms with van der Waals surface area (Å²) < 4.78 is 0. The van der Waals surface area contributed by atoms with Crippen molar-refractivity contribution in [2.24, 2.45) is 11.8 Å². The summed E-state index contributed by atoms with van der Waals surface area (Å²) in [5, 5.41) is 3.35. The van der Waals surface area contributed by atoms with Crippen molar-refractivity contribution in [2.45, 2.75) is 45.6 Å². The third-order valence-electron chi connectivity index (χ3n) is 4.03. The second-order valence-corrected chi connectivity index (χ2v) is 5.63. The fourth-order valence-corrected chi connectivity index (χ4v) is 3.10. The molecule has 2 saturated heterocycles. The van der Waals surface area contributed by atoms with Gasteiger partial charge in [0.25, 0.3) is 0 Å². The fourth-order valence-electron chi connectivity index (χ4n) is 3.10. The maximum absolute atomic E-state index is 12.2. The van der Waals surface area contributed by atoms with E-state index in [4.69, 9.17) is 0 Å². The van der Waals surface area contributed by atoms with Crippen LogP contribution in [0, 0.1) is 11.8 Å². The molecule has 0 bridgehead atoms. The molecule has 2 rings (SSSR count). The predicted molar refractivity (Wildman–Crippen MR) is 65.2 cm³/mol. The van der Waals surface area contributed by atoms with Crippen LogP contribution in [0.3, 0.4) is 0 Å². The highest BCUT2D eigenvalue weighted by Crippen LogP contribution is 2.25. The molecule has 0 aromatic heterocycles. The first-order chi connectivity index (χ1) is 7.66. The third-order valence-corrected chi connectivity index (χ3v) is 4.03. The molecular formula is C13H24N2O. The van der Waals surface area contributed by atoms with Crippen molar-refractivity contribution >= 4 is 5.91 Å². The average Bonchev–Trinajstić information content (AvgIpc) is 2.59. The highest BCUT2D eigenvalue weighted by Gasteiger charge is 2.30. The number of carbonyl (C=O) groups excluding carboxylic acids is 1. The summed E-state index contributed by atoms with van der Waals surface area (Å²) in [6.07, 6.45) is 4.30. The highest BCUT2D eigenvalue weighted by atomic mass is 16.2. The van der Waals surface area contributed by atoms with Gasteiger partial charge in [0.2, 0.25) is 5.91 Å². The minimum atomic E-state index is 0.392. The van der Waals surface area contributed by atoms with Crippen LogP contribution in [0.1, 0.15) is 39.5 Å². The van der Waals surface area contributed by atoms with E-state index in [1.807, 2.05) is 0 Å². The Balaban J connectivity index is 1.82. The second-order valence-electron chi connectivity index (χ2n) is 5.63. The molecule has 0 radical (unpaired) electrons. The maximum Gasteiger partial charge on any atom is 0.223 e. The predicted octanol–water partition coefficient (Wildman–Crippen LogP) is 1.63. The van der Waals surface area contributed by atoms with Gasteiger partial charge in [0.05, 0.1) is 0 Å². The number of carbonyl (C=O) groups is 1. The first-order valence-electron chi connectivity index (χ1n) is 6.67. The Bertz CT molecular complexity index is 248. The summed E-state index contributed by atoms with van der Waals surface area (Å²) in [6.45, 7) is 7.58. The molecule has 92 valence electrons. The molecule has 1 N–H and O–H groups in total. The van der Waals surface area contributed by atoms with Crippen molar-refractivity contribution < 1.29 is 4.79 Å². The SMILES string of the molecule is CC1CC(C)N(C(=O)CC2CCNCC2)C1. The van der Waals surface area contributed by atoms with Crippen molar-refractivity contribution in [3.63, 3.8) is 0 Å². The molecule has 0 spiro atoms. The maximum atomic E-state index is 12.2. The molecule has 2 atom stereocenters. The molecule has 2 aliphatic heterocycles. The number of nitrogens with one attached hydrogen (secondary N) is 1. The second kappa shape index (κ2) is 5.17. The Labute approximate surface area is 98.6 Å². The van der Waals surface area contributed by atoms with Crippen LogP contribution < -0.4 is 5.32 Å². The standard InChI is InChI=1S/C13H24N2O/c1-10-7-11(2)15(9-10)13(16)8-12-3-5-14-6-4-12/h10-12,14H,3-9H2,1-2H3. The summed E-state index contributed by atoms with van der Waals surface area (Å²) in [5.74, 6) is 1.70. The number of nitrogens with zero attached hydrogens (tertiary/aromatic N) is 1. The van der Waals surface area contributed by atoms with Gasteiger partial charge in [-0.05, 0) is 51.1 Å². The molecule has 2 aliphatic rings. The quantitative estimate of drug-likeness (QED) is 0.773. The van der Waals surface area contributed by atoms with E-state index in [1.165, 1.54) is 19.3 Å². The van der Waals surface area contributed by atoms with Gasteiger partial charge in [0, 0.05) is 19.0 Å². The minimum absolute atomic E-state index is 0.392. The first kappa shape index (κ1) is 11.9. The van der Waals surface area contributed by atoms with Crippen molar-refractivity contribution in [1.82, 2.24) is 10.2 Å². The van der Waals surface area contributed by atoms with Crippen LogP contribution in [0.2, 0.25) is 0 Å². The van der Waals surface area contributed by atoms with E-state index < -0.39 is 0 Å².